The van der Waals surface area contributed by atoms with E-state index in [1.165, 1.54) is 9.13 Å². The molecule has 8 nitrogen and oxygen atoms in total. The lowest BCUT2D eigenvalue weighted by atomic mass is 10.1. The maximum absolute atomic E-state index is 13.6. The summed E-state index contributed by atoms with van der Waals surface area (Å²) in [5.74, 6) is 1.56. The summed E-state index contributed by atoms with van der Waals surface area (Å²) >= 11 is 0. The molecule has 0 fully saturated rings. The number of aromatic nitrogens is 4. The highest BCUT2D eigenvalue weighted by Crippen LogP contribution is 2.28. The molecule has 0 saturated carbocycles. The highest BCUT2D eigenvalue weighted by molar-refractivity contribution is 5.70. The zero-order valence-electron chi connectivity index (χ0n) is 18.5. The number of nitrogens with one attached hydrogen (secondary N) is 1. The molecule has 0 spiro atoms. The number of imidazole rings is 1. The minimum absolute atomic E-state index is 0.244. The summed E-state index contributed by atoms with van der Waals surface area (Å²) in [6, 6.07) is 15.7. The molecule has 0 aliphatic carbocycles. The quantitative estimate of drug-likeness (QED) is 0.502. The SMILES string of the molecule is COc1cccc(N2CCC[n+]3c2[nH]c2c3c(=O)n(Cc3ccccc3C)c(=O)n2C)c1. The Hall–Kier alpha value is -3.81. The van der Waals surface area contributed by atoms with Crippen molar-refractivity contribution < 1.29 is 9.30 Å². The summed E-state index contributed by atoms with van der Waals surface area (Å²) in [6.07, 6.45) is 0.877. The maximum Gasteiger partial charge on any atom is 0.364 e. The molecule has 2 aromatic heterocycles. The van der Waals surface area contributed by atoms with E-state index < -0.39 is 0 Å². The molecule has 2 aromatic carbocycles. The number of rotatable bonds is 4. The molecule has 32 heavy (non-hydrogen) atoms. The van der Waals surface area contributed by atoms with Gasteiger partial charge in [0.25, 0.3) is 5.56 Å². The van der Waals surface area contributed by atoms with Crippen LogP contribution in [0.5, 0.6) is 5.75 Å². The Bertz CT molecular complexity index is 1450. The zero-order valence-corrected chi connectivity index (χ0v) is 18.5. The molecule has 0 saturated heterocycles. The fourth-order valence-electron chi connectivity index (χ4n) is 4.47. The topological polar surface area (TPSA) is 76.1 Å². The van der Waals surface area contributed by atoms with Gasteiger partial charge in [0.1, 0.15) is 11.4 Å². The number of hydrogen-bond acceptors (Lipinski definition) is 4. The minimum Gasteiger partial charge on any atom is -0.497 e. The molecule has 0 amide bonds. The van der Waals surface area contributed by atoms with Gasteiger partial charge in [-0.05, 0) is 30.2 Å². The van der Waals surface area contributed by atoms with Crippen LogP contribution >= 0.6 is 0 Å². The first-order chi connectivity index (χ1) is 15.5. The molecule has 1 aliphatic heterocycles. The summed E-state index contributed by atoms with van der Waals surface area (Å²) < 4.78 is 10.2. The summed E-state index contributed by atoms with van der Waals surface area (Å²) in [7, 11) is 3.35. The number of benzene rings is 2. The Morgan fingerprint density at radius 1 is 1.12 bits per heavy atom. The number of ether oxygens (including phenoxy) is 1. The Morgan fingerprint density at radius 3 is 2.72 bits per heavy atom. The third-order valence-corrected chi connectivity index (χ3v) is 6.25. The van der Waals surface area contributed by atoms with Gasteiger partial charge in [-0.25, -0.2) is 19.2 Å². The van der Waals surface area contributed by atoms with Crippen LogP contribution in [0.4, 0.5) is 11.6 Å². The molecule has 3 heterocycles. The molecule has 8 heteroatoms. The van der Waals surface area contributed by atoms with Gasteiger partial charge in [0.2, 0.25) is 11.2 Å². The molecule has 0 bridgehead atoms. The van der Waals surface area contributed by atoms with Gasteiger partial charge < -0.3 is 4.74 Å². The maximum atomic E-state index is 13.6. The average Bonchev–Trinajstić information content (AvgIpc) is 3.21. The van der Waals surface area contributed by atoms with Crippen molar-refractivity contribution in [1.29, 1.82) is 0 Å². The fourth-order valence-corrected chi connectivity index (χ4v) is 4.47. The molecule has 1 aliphatic rings. The van der Waals surface area contributed by atoms with Crippen molar-refractivity contribution in [2.24, 2.45) is 7.05 Å². The van der Waals surface area contributed by atoms with E-state index in [0.29, 0.717) is 17.7 Å². The van der Waals surface area contributed by atoms with Crippen LogP contribution in [0, 0.1) is 6.92 Å². The van der Waals surface area contributed by atoms with Gasteiger partial charge >= 0.3 is 11.6 Å². The second-order valence-electron chi connectivity index (χ2n) is 8.16. The number of aryl methyl sites for hydroxylation is 3. The average molecular weight is 433 g/mol. The van der Waals surface area contributed by atoms with Gasteiger partial charge in [-0.15, -0.1) is 0 Å². The van der Waals surface area contributed by atoms with Crippen molar-refractivity contribution in [3.63, 3.8) is 0 Å². The number of hydrogen-bond donors (Lipinski definition) is 1. The minimum atomic E-state index is -0.335. The van der Waals surface area contributed by atoms with E-state index in [4.69, 9.17) is 4.74 Å². The van der Waals surface area contributed by atoms with Crippen molar-refractivity contribution in [2.75, 3.05) is 18.6 Å². The molecule has 0 radical (unpaired) electrons. The van der Waals surface area contributed by atoms with E-state index in [0.717, 1.165) is 41.5 Å². The first kappa shape index (κ1) is 20.1. The Balaban J connectivity index is 1.70. The van der Waals surface area contributed by atoms with Gasteiger partial charge in [-0.1, -0.05) is 30.3 Å². The van der Waals surface area contributed by atoms with Crippen LogP contribution < -0.4 is 25.5 Å². The number of nitrogens with zero attached hydrogens (tertiary/aromatic N) is 4. The van der Waals surface area contributed by atoms with Crippen LogP contribution in [0.15, 0.2) is 58.1 Å². The van der Waals surface area contributed by atoms with Crippen molar-refractivity contribution in [2.45, 2.75) is 26.4 Å². The lowest BCUT2D eigenvalue weighted by molar-refractivity contribution is -0.663. The van der Waals surface area contributed by atoms with Crippen LogP contribution in [-0.2, 0) is 20.1 Å². The van der Waals surface area contributed by atoms with Gasteiger partial charge in [-0.3, -0.25) is 13.9 Å². The summed E-state index contributed by atoms with van der Waals surface area (Å²) in [5, 5.41) is 0. The highest BCUT2D eigenvalue weighted by atomic mass is 16.5. The lowest BCUT2D eigenvalue weighted by Gasteiger charge is -2.22. The van der Waals surface area contributed by atoms with Crippen LogP contribution in [0.25, 0.3) is 11.2 Å². The summed E-state index contributed by atoms with van der Waals surface area (Å²) in [4.78, 5) is 32.2. The Morgan fingerprint density at radius 2 is 1.94 bits per heavy atom. The van der Waals surface area contributed by atoms with Crippen molar-refractivity contribution >= 4 is 22.8 Å². The predicted molar refractivity (Wildman–Crippen MR) is 123 cm³/mol. The van der Waals surface area contributed by atoms with E-state index in [9.17, 15) is 9.59 Å². The summed E-state index contributed by atoms with van der Waals surface area (Å²) in [6.45, 7) is 3.73. The van der Waals surface area contributed by atoms with Crippen LogP contribution in [0.1, 0.15) is 17.5 Å². The second-order valence-corrected chi connectivity index (χ2v) is 8.16. The Labute approximate surface area is 184 Å². The first-order valence-electron chi connectivity index (χ1n) is 10.7. The largest absolute Gasteiger partial charge is 0.497 e. The number of H-pyrrole nitrogens is 1. The number of aromatic amines is 1. The van der Waals surface area contributed by atoms with E-state index in [-0.39, 0.29) is 17.8 Å². The van der Waals surface area contributed by atoms with Crippen LogP contribution in [0.2, 0.25) is 0 Å². The third kappa shape index (κ3) is 3.10. The normalized spacial score (nSPS) is 13.4. The molecule has 4 aromatic rings. The van der Waals surface area contributed by atoms with Gasteiger partial charge in [0.15, 0.2) is 0 Å². The van der Waals surface area contributed by atoms with Crippen molar-refractivity contribution in [3.8, 4) is 5.75 Å². The zero-order chi connectivity index (χ0) is 22.4. The van der Waals surface area contributed by atoms with E-state index in [2.05, 4.69) is 9.88 Å². The molecule has 0 unspecified atom stereocenters. The van der Waals surface area contributed by atoms with Gasteiger partial charge in [-0.2, -0.15) is 0 Å². The molecule has 0 atom stereocenters. The van der Waals surface area contributed by atoms with Gasteiger partial charge in [0.05, 0.1) is 26.7 Å². The fraction of sp³-hybridized carbons (Fsp3) is 0.292. The van der Waals surface area contributed by atoms with Crippen LogP contribution in [-0.4, -0.2) is 27.8 Å². The van der Waals surface area contributed by atoms with Gasteiger partial charge in [0, 0.05) is 19.5 Å². The molecule has 1 N–H and O–H groups in total. The molecular formula is C24H26N5O3+. The summed E-state index contributed by atoms with van der Waals surface area (Å²) in [5.41, 5.74) is 3.41. The van der Waals surface area contributed by atoms with E-state index >= 15 is 0 Å². The number of fused-ring (bicyclic) bond motifs is 3. The highest BCUT2D eigenvalue weighted by Gasteiger charge is 2.33. The third-order valence-electron chi connectivity index (χ3n) is 6.25. The number of methoxy groups -OCH3 is 1. The monoisotopic (exact) mass is 432 g/mol. The number of anilines is 2. The van der Waals surface area contributed by atoms with Crippen LogP contribution in [0.3, 0.4) is 0 Å². The first-order valence-corrected chi connectivity index (χ1v) is 10.7. The second kappa shape index (κ2) is 7.71. The molecule has 164 valence electrons. The van der Waals surface area contributed by atoms with Crippen molar-refractivity contribution in [3.05, 3.63) is 80.5 Å². The lowest BCUT2D eigenvalue weighted by Crippen LogP contribution is -2.49. The van der Waals surface area contributed by atoms with E-state index in [1.54, 1.807) is 14.2 Å². The standard InChI is InChI=1S/C24H25N5O3/c1-16-8-4-5-9-17(16)15-29-22(30)20-21(26(2)24(29)31)25-23-27(12-7-13-28(20)23)18-10-6-11-19(14-18)32-3/h4-6,8-11,14H,7,12-13,15H2,1-3H3/p+1. The smallest absolute Gasteiger partial charge is 0.364 e. The van der Waals surface area contributed by atoms with E-state index in [1.807, 2.05) is 60.0 Å². The van der Waals surface area contributed by atoms with Crippen molar-refractivity contribution in [1.82, 2.24) is 14.1 Å². The predicted octanol–water partition coefficient (Wildman–Crippen LogP) is 2.22. The molecular weight excluding hydrogens is 406 g/mol. The Kier molecular flexibility index (Phi) is 4.84. The molecule has 5 rings (SSSR count).